The Hall–Kier alpha value is -1.28. The Morgan fingerprint density at radius 3 is 2.71 bits per heavy atom. The van der Waals surface area contributed by atoms with E-state index in [0.717, 1.165) is 6.54 Å². The molecule has 0 spiro atoms. The second-order valence-electron chi connectivity index (χ2n) is 5.19. The second-order valence-corrected chi connectivity index (χ2v) is 6.19. The predicted octanol–water partition coefficient (Wildman–Crippen LogP) is 0.976. The lowest BCUT2D eigenvalue weighted by Crippen LogP contribution is -2.48. The maximum absolute atomic E-state index is 12.5. The fraction of sp³-hybridized carbons (Fsp3) is 0.500. The van der Waals surface area contributed by atoms with Gasteiger partial charge >= 0.3 is 0 Å². The molecule has 1 fully saturated rings. The van der Waals surface area contributed by atoms with Gasteiger partial charge in [-0.15, -0.1) is 24.2 Å². The predicted molar refractivity (Wildman–Crippen MR) is 98.7 cm³/mol. The normalized spacial score (nSPS) is 16.5. The van der Waals surface area contributed by atoms with Crippen molar-refractivity contribution < 1.29 is 14.3 Å². The summed E-state index contributed by atoms with van der Waals surface area (Å²) < 4.78 is 4.94. The van der Waals surface area contributed by atoms with Gasteiger partial charge in [-0.2, -0.15) is 0 Å². The highest BCUT2D eigenvalue weighted by atomic mass is 35.5. The number of amides is 2. The Labute approximate surface area is 153 Å². The first-order valence-electron chi connectivity index (χ1n) is 7.65. The van der Waals surface area contributed by atoms with Gasteiger partial charge in [-0.3, -0.25) is 9.59 Å². The zero-order valence-electron chi connectivity index (χ0n) is 13.7. The number of nitrogens with one attached hydrogen (secondary N) is 2. The molecule has 0 aromatic heterocycles. The molecular formula is C16H24ClN3O3S. The third-order valence-corrected chi connectivity index (χ3v) is 4.56. The van der Waals surface area contributed by atoms with Crippen molar-refractivity contribution in [2.24, 2.45) is 0 Å². The summed E-state index contributed by atoms with van der Waals surface area (Å²) in [4.78, 5) is 26.5. The van der Waals surface area contributed by atoms with Crippen molar-refractivity contribution in [1.29, 1.82) is 0 Å². The molecular weight excluding hydrogens is 350 g/mol. The van der Waals surface area contributed by atoms with Crippen molar-refractivity contribution in [3.05, 3.63) is 35.9 Å². The molecule has 2 N–H and O–H groups in total. The molecule has 8 heteroatoms. The first kappa shape index (κ1) is 20.8. The lowest BCUT2D eigenvalue weighted by molar-refractivity contribution is -0.124. The molecule has 1 aliphatic rings. The molecule has 2 amide bonds. The Bertz CT molecular complexity index is 519. The van der Waals surface area contributed by atoms with E-state index in [1.807, 2.05) is 18.2 Å². The molecule has 0 aliphatic carbocycles. The molecule has 1 aromatic rings. The van der Waals surface area contributed by atoms with Crippen molar-refractivity contribution in [1.82, 2.24) is 15.5 Å². The van der Waals surface area contributed by atoms with Gasteiger partial charge in [0.05, 0.1) is 12.5 Å². The minimum Gasteiger partial charge on any atom is -0.383 e. The maximum Gasteiger partial charge on any atom is 0.255 e. The highest BCUT2D eigenvalue weighted by Crippen LogP contribution is 2.23. The summed E-state index contributed by atoms with van der Waals surface area (Å²) in [7, 11) is 1.65. The fourth-order valence-corrected chi connectivity index (χ4v) is 3.45. The van der Waals surface area contributed by atoms with Crippen LogP contribution in [-0.2, 0) is 9.53 Å². The number of thioether (sulfide) groups is 1. The Morgan fingerprint density at radius 2 is 2.00 bits per heavy atom. The number of carbonyl (C=O) groups is 2. The molecule has 1 atom stereocenters. The third kappa shape index (κ3) is 5.98. The van der Waals surface area contributed by atoms with Crippen molar-refractivity contribution in [3.63, 3.8) is 0 Å². The lowest BCUT2D eigenvalue weighted by atomic mass is 10.1. The monoisotopic (exact) mass is 373 g/mol. The van der Waals surface area contributed by atoms with Gasteiger partial charge in [-0.25, -0.2) is 0 Å². The minimum absolute atomic E-state index is 0. The number of methoxy groups -OCH3 is 1. The SMILES string of the molecule is COCCNCCNC(=O)C1CSCN1C(=O)c1ccccc1.Cl. The zero-order valence-corrected chi connectivity index (χ0v) is 15.3. The van der Waals surface area contributed by atoms with Crippen LogP contribution < -0.4 is 10.6 Å². The van der Waals surface area contributed by atoms with Crippen LogP contribution >= 0.6 is 24.2 Å². The van der Waals surface area contributed by atoms with Crippen LogP contribution in [0.4, 0.5) is 0 Å². The van der Waals surface area contributed by atoms with Gasteiger partial charge in [0.1, 0.15) is 6.04 Å². The number of carbonyl (C=O) groups excluding carboxylic acids is 2. The van der Waals surface area contributed by atoms with E-state index in [-0.39, 0.29) is 24.2 Å². The van der Waals surface area contributed by atoms with Gasteiger partial charge in [0.25, 0.3) is 5.91 Å². The Balaban J connectivity index is 0.00000288. The van der Waals surface area contributed by atoms with E-state index in [4.69, 9.17) is 4.74 Å². The zero-order chi connectivity index (χ0) is 16.5. The van der Waals surface area contributed by atoms with Crippen LogP contribution in [0.5, 0.6) is 0 Å². The second kappa shape index (κ2) is 11.3. The summed E-state index contributed by atoms with van der Waals surface area (Å²) in [6, 6.07) is 8.69. The molecule has 0 bridgehead atoms. The average Bonchev–Trinajstić information content (AvgIpc) is 3.07. The van der Waals surface area contributed by atoms with E-state index >= 15 is 0 Å². The highest BCUT2D eigenvalue weighted by molar-refractivity contribution is 7.99. The average molecular weight is 374 g/mol. The smallest absolute Gasteiger partial charge is 0.255 e. The number of ether oxygens (including phenoxy) is 1. The van der Waals surface area contributed by atoms with Crippen LogP contribution in [-0.4, -0.2) is 67.7 Å². The van der Waals surface area contributed by atoms with Crippen LogP contribution in [0.2, 0.25) is 0 Å². The largest absolute Gasteiger partial charge is 0.383 e. The topological polar surface area (TPSA) is 70.7 Å². The van der Waals surface area contributed by atoms with Gasteiger partial charge in [0.2, 0.25) is 5.91 Å². The van der Waals surface area contributed by atoms with Gasteiger partial charge in [-0.05, 0) is 12.1 Å². The van der Waals surface area contributed by atoms with Crippen LogP contribution in [0, 0.1) is 0 Å². The van der Waals surface area contributed by atoms with Crippen molar-refractivity contribution >= 4 is 36.0 Å². The number of hydrogen-bond acceptors (Lipinski definition) is 5. The van der Waals surface area contributed by atoms with Crippen LogP contribution in [0.1, 0.15) is 10.4 Å². The summed E-state index contributed by atoms with van der Waals surface area (Å²) in [6.45, 7) is 2.62. The quantitative estimate of drug-likeness (QED) is 0.665. The lowest BCUT2D eigenvalue weighted by Gasteiger charge is -2.23. The molecule has 1 aromatic carbocycles. The summed E-state index contributed by atoms with van der Waals surface area (Å²) in [6.07, 6.45) is 0. The third-order valence-electron chi connectivity index (χ3n) is 3.55. The number of benzene rings is 1. The van der Waals surface area contributed by atoms with Crippen molar-refractivity contribution in [2.75, 3.05) is 45.0 Å². The van der Waals surface area contributed by atoms with Gasteiger partial charge in [-0.1, -0.05) is 18.2 Å². The van der Waals surface area contributed by atoms with Gasteiger partial charge in [0, 0.05) is 38.1 Å². The first-order valence-corrected chi connectivity index (χ1v) is 8.80. The Morgan fingerprint density at radius 1 is 1.25 bits per heavy atom. The summed E-state index contributed by atoms with van der Waals surface area (Å²) in [5.41, 5.74) is 0.619. The molecule has 134 valence electrons. The molecule has 0 saturated carbocycles. The molecule has 0 radical (unpaired) electrons. The number of hydrogen-bond donors (Lipinski definition) is 2. The molecule has 24 heavy (non-hydrogen) atoms. The molecule has 1 unspecified atom stereocenters. The summed E-state index contributed by atoms with van der Waals surface area (Å²) in [5, 5.41) is 6.05. The van der Waals surface area contributed by atoms with Crippen molar-refractivity contribution in [2.45, 2.75) is 6.04 Å². The summed E-state index contributed by atoms with van der Waals surface area (Å²) >= 11 is 1.60. The first-order chi connectivity index (χ1) is 11.2. The molecule has 1 heterocycles. The number of rotatable bonds is 8. The van der Waals surface area contributed by atoms with Gasteiger partial charge in [0.15, 0.2) is 0 Å². The standard InChI is InChI=1S/C16H23N3O3S.ClH/c1-22-10-9-17-7-8-18-15(20)14-11-23-12-19(14)16(21)13-5-3-2-4-6-13;/h2-6,14,17H,7-12H2,1H3,(H,18,20);1H. The van der Waals surface area contributed by atoms with Crippen LogP contribution in [0.3, 0.4) is 0 Å². The van der Waals surface area contributed by atoms with E-state index < -0.39 is 6.04 Å². The number of nitrogens with zero attached hydrogens (tertiary/aromatic N) is 1. The van der Waals surface area contributed by atoms with E-state index in [1.165, 1.54) is 0 Å². The van der Waals surface area contributed by atoms with E-state index in [9.17, 15) is 9.59 Å². The van der Waals surface area contributed by atoms with E-state index in [0.29, 0.717) is 36.9 Å². The highest BCUT2D eigenvalue weighted by Gasteiger charge is 2.34. The minimum atomic E-state index is -0.397. The van der Waals surface area contributed by atoms with Crippen molar-refractivity contribution in [3.8, 4) is 0 Å². The fourth-order valence-electron chi connectivity index (χ4n) is 2.30. The molecule has 1 aliphatic heterocycles. The summed E-state index contributed by atoms with van der Waals surface area (Å²) in [5.74, 6) is 1.01. The number of halogens is 1. The molecule has 1 saturated heterocycles. The van der Waals surface area contributed by atoms with Gasteiger partial charge < -0.3 is 20.3 Å². The Kier molecular flexibility index (Phi) is 9.78. The van der Waals surface area contributed by atoms with E-state index in [1.54, 1.807) is 35.9 Å². The molecule has 2 rings (SSSR count). The maximum atomic E-state index is 12.5. The van der Waals surface area contributed by atoms with Crippen LogP contribution in [0.25, 0.3) is 0 Å². The van der Waals surface area contributed by atoms with Crippen LogP contribution in [0.15, 0.2) is 30.3 Å². The van der Waals surface area contributed by atoms with E-state index in [2.05, 4.69) is 10.6 Å². The molecule has 6 nitrogen and oxygen atoms in total.